The molecule has 1 aliphatic rings. The van der Waals surface area contributed by atoms with E-state index >= 15 is 0 Å². The Kier molecular flexibility index (Phi) is 7.88. The largest absolute Gasteiger partial charge is 0.462 e. The minimum atomic E-state index is -0.943. The highest BCUT2D eigenvalue weighted by Crippen LogP contribution is 2.29. The number of benzene rings is 3. The molecule has 3 aromatic rings. The van der Waals surface area contributed by atoms with Gasteiger partial charge in [0.2, 0.25) is 5.91 Å². The smallest absolute Gasteiger partial charge is 0.338 e. The van der Waals surface area contributed by atoms with Crippen LogP contribution in [0, 0.1) is 11.6 Å². The Balaban J connectivity index is 1.54. The average molecular weight is 524 g/mol. The first-order chi connectivity index (χ1) is 17.8. The van der Waals surface area contributed by atoms with Gasteiger partial charge in [0.05, 0.1) is 24.3 Å². The average Bonchev–Trinajstić information content (AvgIpc) is 3.10. The molecule has 1 aliphatic heterocycles. The molecular weight excluding hydrogens is 500 g/mol. The predicted molar refractivity (Wildman–Crippen MR) is 138 cm³/mol. The van der Waals surface area contributed by atoms with E-state index < -0.39 is 35.5 Å². The summed E-state index contributed by atoms with van der Waals surface area (Å²) in [5, 5.41) is 2.88. The van der Waals surface area contributed by atoms with E-state index in [2.05, 4.69) is 5.32 Å². The van der Waals surface area contributed by atoms with Crippen LogP contribution in [0.15, 0.2) is 72.8 Å². The van der Waals surface area contributed by atoms with Crippen LogP contribution in [0.4, 0.5) is 20.2 Å². The van der Waals surface area contributed by atoms with Gasteiger partial charge in [0, 0.05) is 12.2 Å². The third kappa shape index (κ3) is 5.97. The molecule has 0 spiro atoms. The lowest BCUT2D eigenvalue weighted by Gasteiger charge is -2.24. The number of anilines is 2. The van der Waals surface area contributed by atoms with Gasteiger partial charge < -0.3 is 15.0 Å². The molecule has 0 aliphatic carbocycles. The Labute approximate surface area is 217 Å². The summed E-state index contributed by atoms with van der Waals surface area (Å²) in [5.41, 5.74) is 1.85. The number of halogens is 2. The van der Waals surface area contributed by atoms with Crippen LogP contribution in [0.2, 0.25) is 0 Å². The summed E-state index contributed by atoms with van der Waals surface area (Å²) in [5.74, 6) is -2.22. The van der Waals surface area contributed by atoms with E-state index in [0.717, 1.165) is 0 Å². The van der Waals surface area contributed by atoms with Crippen molar-refractivity contribution in [2.24, 2.45) is 0 Å². The molecule has 3 aromatic carbocycles. The van der Waals surface area contributed by atoms with Crippen molar-refractivity contribution in [3.8, 4) is 0 Å². The van der Waals surface area contributed by atoms with Crippen LogP contribution >= 0.6 is 12.2 Å². The second-order valence-corrected chi connectivity index (χ2v) is 8.62. The minimum absolute atomic E-state index is 0.150. The summed E-state index contributed by atoms with van der Waals surface area (Å²) in [6.07, 6.45) is -0.225. The van der Waals surface area contributed by atoms with E-state index in [1.807, 2.05) is 0 Å². The van der Waals surface area contributed by atoms with Crippen molar-refractivity contribution in [3.05, 3.63) is 95.6 Å². The zero-order valence-electron chi connectivity index (χ0n) is 19.8. The highest BCUT2D eigenvalue weighted by molar-refractivity contribution is 7.80. The van der Waals surface area contributed by atoms with Gasteiger partial charge in [0.25, 0.3) is 5.91 Å². The normalized spacial score (nSPS) is 15.2. The van der Waals surface area contributed by atoms with Gasteiger partial charge >= 0.3 is 5.97 Å². The van der Waals surface area contributed by atoms with Gasteiger partial charge in [-0.15, -0.1) is 0 Å². The van der Waals surface area contributed by atoms with E-state index in [4.69, 9.17) is 17.0 Å². The van der Waals surface area contributed by atoms with E-state index in [1.54, 1.807) is 36.1 Å². The molecule has 10 heteroatoms. The summed E-state index contributed by atoms with van der Waals surface area (Å²) in [7, 11) is 0. The predicted octanol–water partition coefficient (Wildman–Crippen LogP) is 4.67. The zero-order valence-corrected chi connectivity index (χ0v) is 20.6. The van der Waals surface area contributed by atoms with Gasteiger partial charge in [-0.05, 0) is 85.4 Å². The third-order valence-electron chi connectivity index (χ3n) is 5.73. The number of rotatable bonds is 8. The number of thiocarbonyl (C=S) groups is 1. The molecule has 0 bridgehead atoms. The van der Waals surface area contributed by atoms with Gasteiger partial charge in [-0.2, -0.15) is 0 Å². The molecule has 1 saturated heterocycles. The molecule has 0 aromatic heterocycles. The van der Waals surface area contributed by atoms with Gasteiger partial charge in [-0.25, -0.2) is 13.6 Å². The molecule has 4 rings (SSSR count). The number of carbonyl (C=O) groups excluding carboxylic acids is 3. The molecule has 0 saturated carbocycles. The Hall–Kier alpha value is -4.18. The molecule has 2 amide bonds. The van der Waals surface area contributed by atoms with Crippen LogP contribution in [0.5, 0.6) is 0 Å². The number of hydrogen-bond donors (Lipinski definition) is 1. The van der Waals surface area contributed by atoms with Gasteiger partial charge in [0.15, 0.2) is 5.11 Å². The van der Waals surface area contributed by atoms with E-state index in [1.165, 1.54) is 53.4 Å². The Morgan fingerprint density at radius 2 is 1.54 bits per heavy atom. The minimum Gasteiger partial charge on any atom is -0.462 e. The highest BCUT2D eigenvalue weighted by Gasteiger charge is 2.44. The number of esters is 1. The lowest BCUT2D eigenvalue weighted by Crippen LogP contribution is -2.37. The second-order valence-electron chi connectivity index (χ2n) is 8.25. The van der Waals surface area contributed by atoms with Crippen LogP contribution in [-0.4, -0.2) is 40.4 Å². The van der Waals surface area contributed by atoms with Crippen LogP contribution in [-0.2, 0) is 20.9 Å². The summed E-state index contributed by atoms with van der Waals surface area (Å²) in [4.78, 5) is 41.1. The lowest BCUT2D eigenvalue weighted by molar-refractivity contribution is -0.124. The van der Waals surface area contributed by atoms with Crippen molar-refractivity contribution in [2.75, 3.05) is 16.8 Å². The van der Waals surface area contributed by atoms with Gasteiger partial charge in [-0.1, -0.05) is 12.1 Å². The molecule has 1 atom stereocenters. The number of ether oxygens (including phenoxy) is 1. The summed E-state index contributed by atoms with van der Waals surface area (Å²) >= 11 is 5.59. The maximum atomic E-state index is 13.5. The van der Waals surface area contributed by atoms with Gasteiger partial charge in [-0.3, -0.25) is 14.5 Å². The molecule has 1 fully saturated rings. The van der Waals surface area contributed by atoms with Crippen molar-refractivity contribution >= 4 is 46.5 Å². The van der Waals surface area contributed by atoms with Crippen molar-refractivity contribution in [2.45, 2.75) is 25.9 Å². The second kappa shape index (κ2) is 11.3. The molecule has 0 unspecified atom stereocenters. The maximum Gasteiger partial charge on any atom is 0.338 e. The van der Waals surface area contributed by atoms with E-state index in [9.17, 15) is 23.2 Å². The topological polar surface area (TPSA) is 78.9 Å². The first-order valence-corrected chi connectivity index (χ1v) is 11.9. The van der Waals surface area contributed by atoms with Crippen LogP contribution in [0.25, 0.3) is 0 Å². The van der Waals surface area contributed by atoms with E-state index in [0.29, 0.717) is 22.5 Å². The Morgan fingerprint density at radius 1 is 0.946 bits per heavy atom. The molecule has 7 nitrogen and oxygen atoms in total. The number of nitrogens with zero attached hydrogens (tertiary/aromatic N) is 2. The standard InChI is InChI=1S/C27H23F2N3O4S/c1-2-36-26(35)18-5-11-21(12-6-18)30-24(33)15-23-25(34)32(22-13-9-20(29)10-14-22)27(37)31(23)16-17-3-7-19(28)8-4-17/h3-14,23H,2,15-16H2,1H3,(H,30,33)/t23-/m0/s1. The van der Waals surface area contributed by atoms with Crippen molar-refractivity contribution in [1.29, 1.82) is 0 Å². The fraction of sp³-hybridized carbons (Fsp3) is 0.185. The lowest BCUT2D eigenvalue weighted by atomic mass is 10.1. The Bertz CT molecular complexity index is 1310. The fourth-order valence-corrected chi connectivity index (χ4v) is 4.31. The number of nitrogens with one attached hydrogen (secondary N) is 1. The molecule has 0 radical (unpaired) electrons. The number of hydrogen-bond acceptors (Lipinski definition) is 5. The number of amides is 2. The molecular formula is C27H23F2N3O4S. The first-order valence-electron chi connectivity index (χ1n) is 11.5. The fourth-order valence-electron chi connectivity index (χ4n) is 3.92. The molecule has 1 N–H and O–H groups in total. The summed E-state index contributed by atoms with van der Waals surface area (Å²) < 4.78 is 31.8. The number of carbonyl (C=O) groups is 3. The molecule has 190 valence electrons. The molecule has 37 heavy (non-hydrogen) atoms. The zero-order chi connectivity index (χ0) is 26.5. The quantitative estimate of drug-likeness (QED) is 0.342. The summed E-state index contributed by atoms with van der Waals surface area (Å²) in [6, 6.07) is 16.3. The Morgan fingerprint density at radius 3 is 2.14 bits per heavy atom. The maximum absolute atomic E-state index is 13.5. The third-order valence-corrected chi connectivity index (χ3v) is 6.15. The van der Waals surface area contributed by atoms with Crippen LogP contribution < -0.4 is 10.2 Å². The summed E-state index contributed by atoms with van der Waals surface area (Å²) in [6.45, 7) is 2.12. The monoisotopic (exact) mass is 523 g/mol. The molecule has 1 heterocycles. The first kappa shape index (κ1) is 25.9. The van der Waals surface area contributed by atoms with Crippen molar-refractivity contribution in [1.82, 2.24) is 4.90 Å². The van der Waals surface area contributed by atoms with Crippen molar-refractivity contribution in [3.63, 3.8) is 0 Å². The SMILES string of the molecule is CCOC(=O)c1ccc(NC(=O)C[C@H]2C(=O)N(c3ccc(F)cc3)C(=S)N2Cc2ccc(F)cc2)cc1. The van der Waals surface area contributed by atoms with Crippen molar-refractivity contribution < 1.29 is 27.9 Å². The van der Waals surface area contributed by atoms with E-state index in [-0.39, 0.29) is 24.7 Å². The van der Waals surface area contributed by atoms with Crippen LogP contribution in [0.3, 0.4) is 0 Å². The van der Waals surface area contributed by atoms with Gasteiger partial charge in [0.1, 0.15) is 17.7 Å². The van der Waals surface area contributed by atoms with Crippen LogP contribution in [0.1, 0.15) is 29.3 Å². The highest BCUT2D eigenvalue weighted by atomic mass is 32.1.